The van der Waals surface area contributed by atoms with E-state index in [2.05, 4.69) is 5.32 Å². The second-order valence-corrected chi connectivity index (χ2v) is 5.93. The average molecular weight is 355 g/mol. The van der Waals surface area contributed by atoms with Gasteiger partial charge < -0.3 is 15.2 Å². The number of hydrogen-bond donors (Lipinski definition) is 2. The van der Waals surface area contributed by atoms with Gasteiger partial charge in [-0.05, 0) is 18.9 Å². The monoisotopic (exact) mass is 355 g/mol. The highest BCUT2D eigenvalue weighted by molar-refractivity contribution is 5.96. The number of Topliss-reactive ketones (excluding diaryl/α,β-unsaturated/α-hetero) is 1. The summed E-state index contributed by atoms with van der Waals surface area (Å²) in [6, 6.07) is 14.9. The van der Waals surface area contributed by atoms with Crippen LogP contribution in [-0.2, 0) is 16.1 Å². The fraction of sp³-hybridized carbons (Fsp3) is 0.250. The van der Waals surface area contributed by atoms with E-state index < -0.39 is 18.1 Å². The maximum atomic E-state index is 12.1. The number of carboxylic acid groups (broad SMARTS) is 1. The van der Waals surface area contributed by atoms with Gasteiger partial charge in [0.25, 0.3) is 0 Å². The number of ether oxygens (including phenoxy) is 1. The van der Waals surface area contributed by atoms with Crippen molar-refractivity contribution in [2.75, 3.05) is 0 Å². The van der Waals surface area contributed by atoms with Crippen LogP contribution in [0.4, 0.5) is 4.79 Å². The Morgan fingerprint density at radius 2 is 1.81 bits per heavy atom. The summed E-state index contributed by atoms with van der Waals surface area (Å²) in [5.41, 5.74) is 2.36. The molecule has 6 nitrogen and oxygen atoms in total. The summed E-state index contributed by atoms with van der Waals surface area (Å²) in [6.07, 6.45) is -0.826. The summed E-state index contributed by atoms with van der Waals surface area (Å²) >= 11 is 0. The van der Waals surface area contributed by atoms with E-state index in [4.69, 9.17) is 4.74 Å². The van der Waals surface area contributed by atoms with Crippen LogP contribution >= 0.6 is 0 Å². The molecule has 0 saturated carbocycles. The SMILES string of the molecule is Cc1cccc(COC(=O)NC(CCC(=O)c2ccccc2)C(=O)O)c1. The summed E-state index contributed by atoms with van der Waals surface area (Å²) in [4.78, 5) is 35.2. The van der Waals surface area contributed by atoms with Gasteiger partial charge in [0.1, 0.15) is 12.6 Å². The molecule has 0 radical (unpaired) electrons. The third-order valence-corrected chi connectivity index (χ3v) is 3.80. The van der Waals surface area contributed by atoms with Gasteiger partial charge in [-0.25, -0.2) is 9.59 Å². The van der Waals surface area contributed by atoms with Crippen molar-refractivity contribution < 1.29 is 24.2 Å². The summed E-state index contributed by atoms with van der Waals surface area (Å²) < 4.78 is 5.06. The Kier molecular flexibility index (Phi) is 6.91. The van der Waals surface area contributed by atoms with E-state index in [9.17, 15) is 19.5 Å². The van der Waals surface area contributed by atoms with Gasteiger partial charge in [0.15, 0.2) is 5.78 Å². The van der Waals surface area contributed by atoms with Gasteiger partial charge in [-0.1, -0.05) is 60.2 Å². The summed E-state index contributed by atoms with van der Waals surface area (Å²) in [7, 11) is 0. The van der Waals surface area contributed by atoms with Gasteiger partial charge in [-0.2, -0.15) is 0 Å². The minimum atomic E-state index is -1.21. The van der Waals surface area contributed by atoms with Crippen LogP contribution in [0.25, 0.3) is 0 Å². The number of aryl methyl sites for hydroxylation is 1. The van der Waals surface area contributed by atoms with Crippen LogP contribution in [0, 0.1) is 6.92 Å². The van der Waals surface area contributed by atoms with Crippen molar-refractivity contribution in [1.29, 1.82) is 0 Å². The molecule has 2 aromatic rings. The Morgan fingerprint density at radius 1 is 1.08 bits per heavy atom. The van der Waals surface area contributed by atoms with E-state index in [0.29, 0.717) is 5.56 Å². The second-order valence-electron chi connectivity index (χ2n) is 5.93. The zero-order chi connectivity index (χ0) is 18.9. The van der Waals surface area contributed by atoms with Crippen LogP contribution in [0.3, 0.4) is 0 Å². The smallest absolute Gasteiger partial charge is 0.408 e. The first-order valence-electron chi connectivity index (χ1n) is 8.25. The highest BCUT2D eigenvalue weighted by Gasteiger charge is 2.22. The van der Waals surface area contributed by atoms with Gasteiger partial charge in [0.2, 0.25) is 0 Å². The fourth-order valence-electron chi connectivity index (χ4n) is 2.44. The normalized spacial score (nSPS) is 11.4. The molecular weight excluding hydrogens is 334 g/mol. The van der Waals surface area contributed by atoms with E-state index in [0.717, 1.165) is 11.1 Å². The number of benzene rings is 2. The lowest BCUT2D eigenvalue weighted by atomic mass is 10.0. The van der Waals surface area contributed by atoms with Crippen LogP contribution in [0.2, 0.25) is 0 Å². The first-order chi connectivity index (χ1) is 12.5. The number of rotatable bonds is 8. The van der Waals surface area contributed by atoms with Crippen molar-refractivity contribution in [3.05, 3.63) is 71.3 Å². The molecule has 0 saturated heterocycles. The predicted molar refractivity (Wildman–Crippen MR) is 95.9 cm³/mol. The van der Waals surface area contributed by atoms with Crippen LogP contribution < -0.4 is 5.32 Å². The molecule has 26 heavy (non-hydrogen) atoms. The third-order valence-electron chi connectivity index (χ3n) is 3.80. The van der Waals surface area contributed by atoms with Crippen molar-refractivity contribution in [3.63, 3.8) is 0 Å². The lowest BCUT2D eigenvalue weighted by Gasteiger charge is -2.14. The van der Waals surface area contributed by atoms with Crippen molar-refractivity contribution in [2.45, 2.75) is 32.4 Å². The number of carbonyl (C=O) groups is 3. The largest absolute Gasteiger partial charge is 0.480 e. The number of nitrogens with one attached hydrogen (secondary N) is 1. The molecule has 0 fully saturated rings. The first-order valence-corrected chi connectivity index (χ1v) is 8.25. The summed E-state index contributed by atoms with van der Waals surface area (Å²) in [5.74, 6) is -1.38. The molecule has 2 N–H and O–H groups in total. The van der Waals surface area contributed by atoms with Crippen LogP contribution in [0.5, 0.6) is 0 Å². The Hall–Kier alpha value is -3.15. The quantitative estimate of drug-likeness (QED) is 0.709. The van der Waals surface area contributed by atoms with Gasteiger partial charge in [-0.15, -0.1) is 0 Å². The molecular formula is C20H21NO5. The van der Waals surface area contributed by atoms with Crippen molar-refractivity contribution in [2.24, 2.45) is 0 Å². The molecule has 0 spiro atoms. The molecule has 0 aliphatic rings. The number of ketones is 1. The molecule has 1 amide bonds. The number of carboxylic acids is 1. The summed E-state index contributed by atoms with van der Waals surface area (Å²) in [5, 5.41) is 11.5. The Morgan fingerprint density at radius 3 is 2.46 bits per heavy atom. The Balaban J connectivity index is 1.84. The van der Waals surface area contributed by atoms with E-state index >= 15 is 0 Å². The molecule has 6 heteroatoms. The van der Waals surface area contributed by atoms with E-state index in [1.165, 1.54) is 0 Å². The van der Waals surface area contributed by atoms with Gasteiger partial charge in [-0.3, -0.25) is 4.79 Å². The number of alkyl carbamates (subject to hydrolysis) is 1. The highest BCUT2D eigenvalue weighted by atomic mass is 16.5. The number of aliphatic carboxylic acids is 1. The minimum absolute atomic E-state index is 0.0113. The molecule has 2 rings (SSSR count). The first kappa shape index (κ1) is 19.2. The van der Waals surface area contributed by atoms with Crippen LogP contribution in [0.15, 0.2) is 54.6 Å². The zero-order valence-electron chi connectivity index (χ0n) is 14.5. The van der Waals surface area contributed by atoms with Crippen molar-refractivity contribution >= 4 is 17.8 Å². The van der Waals surface area contributed by atoms with Crippen LogP contribution in [0.1, 0.15) is 34.3 Å². The molecule has 136 valence electrons. The number of hydrogen-bond acceptors (Lipinski definition) is 4. The van der Waals surface area contributed by atoms with Gasteiger partial charge in [0, 0.05) is 12.0 Å². The molecule has 2 aromatic carbocycles. The Bertz CT molecular complexity index is 773. The van der Waals surface area contributed by atoms with E-state index in [1.807, 2.05) is 31.2 Å². The maximum Gasteiger partial charge on any atom is 0.408 e. The molecule has 0 aromatic heterocycles. The maximum absolute atomic E-state index is 12.1. The standard InChI is InChI=1S/C20H21NO5/c1-14-6-5-7-15(12-14)13-26-20(25)21-17(19(23)24)10-11-18(22)16-8-3-2-4-9-16/h2-9,12,17H,10-11,13H2,1H3,(H,21,25)(H,23,24). The predicted octanol–water partition coefficient (Wildman–Crippen LogP) is 3.34. The summed E-state index contributed by atoms with van der Waals surface area (Å²) in [6.45, 7) is 1.97. The molecule has 1 unspecified atom stereocenters. The topological polar surface area (TPSA) is 92.7 Å². The highest BCUT2D eigenvalue weighted by Crippen LogP contribution is 2.09. The molecule has 0 aliphatic carbocycles. The Labute approximate surface area is 151 Å². The molecule has 1 atom stereocenters. The fourth-order valence-corrected chi connectivity index (χ4v) is 2.44. The van der Waals surface area contributed by atoms with E-state index in [-0.39, 0.29) is 25.2 Å². The van der Waals surface area contributed by atoms with Crippen molar-refractivity contribution in [1.82, 2.24) is 5.32 Å². The van der Waals surface area contributed by atoms with E-state index in [1.54, 1.807) is 30.3 Å². The van der Waals surface area contributed by atoms with Crippen LogP contribution in [-0.4, -0.2) is 29.0 Å². The molecule has 0 bridgehead atoms. The van der Waals surface area contributed by atoms with Gasteiger partial charge in [0.05, 0.1) is 0 Å². The van der Waals surface area contributed by atoms with Crippen molar-refractivity contribution in [3.8, 4) is 0 Å². The minimum Gasteiger partial charge on any atom is -0.480 e. The third kappa shape index (κ3) is 6.05. The number of carbonyl (C=O) groups excluding carboxylic acids is 2. The molecule has 0 aliphatic heterocycles. The average Bonchev–Trinajstić information content (AvgIpc) is 2.63. The molecule has 0 heterocycles. The second kappa shape index (κ2) is 9.36. The number of amides is 1. The zero-order valence-corrected chi connectivity index (χ0v) is 14.5. The lowest BCUT2D eigenvalue weighted by Crippen LogP contribution is -2.41. The van der Waals surface area contributed by atoms with Gasteiger partial charge >= 0.3 is 12.1 Å². The lowest BCUT2D eigenvalue weighted by molar-refractivity contribution is -0.139.